The summed E-state index contributed by atoms with van der Waals surface area (Å²) in [5, 5.41) is -0.205. The van der Waals surface area contributed by atoms with Gasteiger partial charge in [-0.1, -0.05) is 29.8 Å². The van der Waals surface area contributed by atoms with Crippen molar-refractivity contribution in [3.8, 4) is 5.75 Å². The highest BCUT2D eigenvalue weighted by atomic mass is 79.9. The first-order chi connectivity index (χ1) is 10.6. The highest BCUT2D eigenvalue weighted by Gasteiger charge is 2.34. The van der Waals surface area contributed by atoms with Gasteiger partial charge in [0.15, 0.2) is 0 Å². The number of carbonyl (C=O) groups excluding carboxylic acids is 2. The van der Waals surface area contributed by atoms with Crippen LogP contribution in [0.2, 0.25) is 0 Å². The van der Waals surface area contributed by atoms with Crippen LogP contribution in [0.15, 0.2) is 27.6 Å². The summed E-state index contributed by atoms with van der Waals surface area (Å²) in [6, 6.07) is 5.64. The van der Waals surface area contributed by atoms with Crippen LogP contribution in [0.5, 0.6) is 5.75 Å². The molecule has 1 aliphatic rings. The molecule has 6 heteroatoms. The Hall–Kier alpha value is -1.27. The van der Waals surface area contributed by atoms with Crippen molar-refractivity contribution in [3.63, 3.8) is 0 Å². The Morgan fingerprint density at radius 3 is 2.73 bits per heavy atom. The summed E-state index contributed by atoms with van der Waals surface area (Å²) in [5.41, 5.74) is 0.796. The average Bonchev–Trinajstić information content (AvgIpc) is 2.74. The van der Waals surface area contributed by atoms with Crippen molar-refractivity contribution in [3.05, 3.63) is 33.1 Å². The first-order valence-corrected chi connectivity index (χ1v) is 8.85. The number of thioether (sulfide) groups is 1. The number of halogens is 1. The zero-order valence-electron chi connectivity index (χ0n) is 12.6. The monoisotopic (exact) mass is 383 g/mol. The maximum atomic E-state index is 12.3. The van der Waals surface area contributed by atoms with Crippen LogP contribution in [0, 0.1) is 0 Å². The van der Waals surface area contributed by atoms with E-state index in [9.17, 15) is 9.59 Å². The van der Waals surface area contributed by atoms with E-state index in [1.807, 2.05) is 32.0 Å². The summed E-state index contributed by atoms with van der Waals surface area (Å²) in [6.45, 7) is 5.05. The Morgan fingerprint density at radius 2 is 2.05 bits per heavy atom. The minimum Gasteiger partial charge on any atom is -0.493 e. The fourth-order valence-corrected chi connectivity index (χ4v) is 3.27. The van der Waals surface area contributed by atoms with Gasteiger partial charge in [-0.15, -0.1) is 0 Å². The zero-order chi connectivity index (χ0) is 16.1. The van der Waals surface area contributed by atoms with Crippen molar-refractivity contribution < 1.29 is 14.3 Å². The Balaban J connectivity index is 2.30. The molecule has 1 fully saturated rings. The normalized spacial score (nSPS) is 16.7. The van der Waals surface area contributed by atoms with E-state index in [2.05, 4.69) is 15.9 Å². The van der Waals surface area contributed by atoms with Crippen LogP contribution >= 0.6 is 27.7 Å². The highest BCUT2D eigenvalue weighted by Crippen LogP contribution is 2.34. The number of amides is 2. The lowest BCUT2D eigenvalue weighted by molar-refractivity contribution is -0.122. The molecule has 0 aliphatic carbocycles. The van der Waals surface area contributed by atoms with Crippen LogP contribution in [0.4, 0.5) is 4.79 Å². The van der Waals surface area contributed by atoms with Crippen LogP contribution in [-0.4, -0.2) is 29.2 Å². The molecule has 1 aromatic rings. The summed E-state index contributed by atoms with van der Waals surface area (Å²) in [6.07, 6.45) is 3.39. The van der Waals surface area contributed by atoms with Crippen molar-refractivity contribution in [1.29, 1.82) is 0 Å². The van der Waals surface area contributed by atoms with Crippen LogP contribution in [-0.2, 0) is 4.79 Å². The largest absolute Gasteiger partial charge is 0.493 e. The second-order valence-electron chi connectivity index (χ2n) is 4.86. The lowest BCUT2D eigenvalue weighted by Gasteiger charge is -2.10. The molecule has 22 heavy (non-hydrogen) atoms. The lowest BCUT2D eigenvalue weighted by Crippen LogP contribution is -2.28. The number of nitrogens with zero attached hydrogens (tertiary/aromatic N) is 1. The van der Waals surface area contributed by atoms with Crippen LogP contribution < -0.4 is 4.74 Å². The van der Waals surface area contributed by atoms with Gasteiger partial charge in [-0.3, -0.25) is 14.5 Å². The molecule has 0 atom stereocenters. The van der Waals surface area contributed by atoms with Crippen molar-refractivity contribution in [2.24, 2.45) is 0 Å². The molecule has 1 saturated heterocycles. The van der Waals surface area contributed by atoms with Crippen molar-refractivity contribution in [2.75, 3.05) is 13.2 Å². The van der Waals surface area contributed by atoms with Gasteiger partial charge in [-0.05, 0) is 48.9 Å². The summed E-state index contributed by atoms with van der Waals surface area (Å²) >= 11 is 4.41. The lowest BCUT2D eigenvalue weighted by atomic mass is 10.2. The van der Waals surface area contributed by atoms with E-state index in [0.29, 0.717) is 23.8 Å². The minimum absolute atomic E-state index is 0.205. The molecule has 2 amide bonds. The van der Waals surface area contributed by atoms with Crippen LogP contribution in [0.25, 0.3) is 6.08 Å². The number of ether oxygens (including phenoxy) is 1. The maximum Gasteiger partial charge on any atom is 0.293 e. The summed E-state index contributed by atoms with van der Waals surface area (Å²) < 4.78 is 6.60. The molecule has 0 saturated carbocycles. The molecule has 0 aromatic heterocycles. The third-order valence-electron chi connectivity index (χ3n) is 3.04. The molecular formula is C16H18BrNO3S. The summed E-state index contributed by atoms with van der Waals surface area (Å²) in [5.74, 6) is 0.491. The summed E-state index contributed by atoms with van der Waals surface area (Å²) in [7, 11) is 0. The fraction of sp³-hybridized carbons (Fsp3) is 0.375. The van der Waals surface area contributed by atoms with Crippen molar-refractivity contribution in [2.45, 2.75) is 26.7 Å². The highest BCUT2D eigenvalue weighted by molar-refractivity contribution is 9.10. The second-order valence-corrected chi connectivity index (χ2v) is 6.77. The van der Waals surface area contributed by atoms with E-state index in [0.717, 1.165) is 34.6 Å². The molecule has 1 aromatic carbocycles. The number of rotatable bonds is 6. The van der Waals surface area contributed by atoms with Gasteiger partial charge >= 0.3 is 0 Å². The Kier molecular flexibility index (Phi) is 6.08. The molecule has 1 aliphatic heterocycles. The van der Waals surface area contributed by atoms with Gasteiger partial charge in [0.25, 0.3) is 11.1 Å². The Morgan fingerprint density at radius 1 is 1.27 bits per heavy atom. The van der Waals surface area contributed by atoms with Gasteiger partial charge in [-0.25, -0.2) is 0 Å². The minimum atomic E-state index is -0.224. The number of hydrogen-bond acceptors (Lipinski definition) is 4. The summed E-state index contributed by atoms with van der Waals surface area (Å²) in [4.78, 5) is 25.9. The first-order valence-electron chi connectivity index (χ1n) is 7.24. The van der Waals surface area contributed by atoms with Crippen LogP contribution in [0.3, 0.4) is 0 Å². The number of benzene rings is 1. The third kappa shape index (κ3) is 3.93. The van der Waals surface area contributed by atoms with Gasteiger partial charge in [0, 0.05) is 16.6 Å². The molecule has 0 N–H and O–H groups in total. The molecule has 0 unspecified atom stereocenters. The molecule has 0 bridgehead atoms. The van der Waals surface area contributed by atoms with E-state index < -0.39 is 0 Å². The Labute approximate surface area is 143 Å². The van der Waals surface area contributed by atoms with E-state index in [1.54, 1.807) is 6.08 Å². The number of carbonyl (C=O) groups is 2. The van der Waals surface area contributed by atoms with Gasteiger partial charge < -0.3 is 4.74 Å². The molecule has 0 spiro atoms. The van der Waals surface area contributed by atoms with E-state index >= 15 is 0 Å². The first kappa shape index (κ1) is 17.1. The average molecular weight is 384 g/mol. The van der Waals surface area contributed by atoms with Gasteiger partial charge in [-0.2, -0.15) is 0 Å². The molecule has 118 valence electrons. The van der Waals surface area contributed by atoms with E-state index in [4.69, 9.17) is 4.74 Å². The van der Waals surface area contributed by atoms with Crippen molar-refractivity contribution in [1.82, 2.24) is 4.90 Å². The number of imide groups is 1. The second kappa shape index (κ2) is 7.83. The van der Waals surface area contributed by atoms with Gasteiger partial charge in [0.05, 0.1) is 11.5 Å². The smallest absolute Gasteiger partial charge is 0.293 e. The maximum absolute atomic E-state index is 12.3. The fourth-order valence-electron chi connectivity index (χ4n) is 2.03. The predicted molar refractivity (Wildman–Crippen MR) is 92.9 cm³/mol. The van der Waals surface area contributed by atoms with Gasteiger partial charge in [0.1, 0.15) is 5.75 Å². The zero-order valence-corrected chi connectivity index (χ0v) is 15.0. The SMILES string of the molecule is CCCOc1ccc(Br)cc1/C=C1/SC(=O)N(CCC)C1=O. The van der Waals surface area contributed by atoms with Crippen LogP contribution in [0.1, 0.15) is 32.3 Å². The van der Waals surface area contributed by atoms with Crippen molar-refractivity contribution >= 4 is 44.9 Å². The Bertz CT molecular complexity index is 615. The topological polar surface area (TPSA) is 46.6 Å². The molecule has 4 nitrogen and oxygen atoms in total. The van der Waals surface area contributed by atoms with E-state index in [1.165, 1.54) is 4.90 Å². The van der Waals surface area contributed by atoms with Gasteiger partial charge in [0.2, 0.25) is 0 Å². The van der Waals surface area contributed by atoms with E-state index in [-0.39, 0.29) is 11.1 Å². The predicted octanol–water partition coefficient (Wildman–Crippen LogP) is 4.68. The molecule has 0 radical (unpaired) electrons. The third-order valence-corrected chi connectivity index (χ3v) is 4.44. The molecular weight excluding hydrogens is 366 g/mol. The quantitative estimate of drug-likeness (QED) is 0.668. The molecule has 1 heterocycles. The number of hydrogen-bond donors (Lipinski definition) is 0. The molecule has 2 rings (SSSR count). The standard InChI is InChI=1S/C16H18BrNO3S/c1-3-7-18-15(19)14(22-16(18)20)10-11-9-12(17)5-6-13(11)21-8-4-2/h5-6,9-10H,3-4,7-8H2,1-2H3/b14-10+.